The highest BCUT2D eigenvalue weighted by molar-refractivity contribution is 7.25. The standard InChI is InChI=1S/C39H22N2O2.C39H22N2OS/c1-2-12-27-26(11-1)35-29-13-3-6-17-31(29)41(37(35)39-36(27)30-14-5-8-19-33(30)43-39)34-21-20-23(22-40-34)24-15-9-16-28-25-10-4-7-18-32(25)42-38(24)28;1-2-11-28-27(10-1)36-30-13-4-7-15-32(30)42-39(36)37-29-12-3-6-14-31(29)41(38(28)37)35-20-18-24(22-40-35)23-17-19-26-25-9-5-8-16-33(25)43-34(26)21-23/h2*1-22H. The molecule has 0 aliphatic rings. The smallest absolute Gasteiger partial charge is 0.160 e. The summed E-state index contributed by atoms with van der Waals surface area (Å²) in [5.41, 5.74) is 14.0. The first kappa shape index (κ1) is 47.2. The van der Waals surface area contributed by atoms with E-state index in [1.54, 1.807) is 0 Å². The van der Waals surface area contributed by atoms with Gasteiger partial charge in [-0.3, -0.25) is 9.13 Å². The molecule has 0 unspecified atom stereocenters. The molecule has 8 heterocycles. The van der Waals surface area contributed by atoms with Gasteiger partial charge in [0.1, 0.15) is 39.6 Å². The van der Waals surface area contributed by atoms with Crippen molar-refractivity contribution in [1.29, 1.82) is 0 Å². The normalized spacial score (nSPS) is 12.2. The Morgan fingerprint density at radius 1 is 0.279 bits per heavy atom. The van der Waals surface area contributed by atoms with E-state index in [0.717, 1.165) is 122 Å². The zero-order valence-electron chi connectivity index (χ0n) is 45.8. The lowest BCUT2D eigenvalue weighted by Crippen LogP contribution is -1.98. The highest BCUT2D eigenvalue weighted by atomic mass is 32.1. The van der Waals surface area contributed by atoms with Gasteiger partial charge in [0, 0.05) is 103 Å². The number of nitrogens with zero attached hydrogens (tertiary/aromatic N) is 4. The predicted octanol–water partition coefficient (Wildman–Crippen LogP) is 22.1. The SMILES string of the molecule is c1ccc2c(c1)oc1c(-c3ccc(-n4c5ccccc5c5c6ccccc6c6c7ccccc7oc6c54)nc3)cccc12.c1ccc2c(c1)oc1c2c2ccccc2c2c1c1ccccc1n2-c1ccc(-c2ccc3c(c2)sc2ccccc23)cn1. The maximum absolute atomic E-state index is 6.67. The van der Waals surface area contributed by atoms with Crippen molar-refractivity contribution in [1.82, 2.24) is 19.1 Å². The van der Waals surface area contributed by atoms with Crippen LogP contribution in [0.5, 0.6) is 0 Å². The van der Waals surface area contributed by atoms with Gasteiger partial charge in [0.15, 0.2) is 5.58 Å². The number of thiophene rings is 1. The summed E-state index contributed by atoms with van der Waals surface area (Å²) in [5.74, 6) is 1.72. The molecule has 0 spiro atoms. The van der Waals surface area contributed by atoms with Crippen LogP contribution in [0.2, 0.25) is 0 Å². The molecule has 0 bridgehead atoms. The molecule has 400 valence electrons. The summed E-state index contributed by atoms with van der Waals surface area (Å²) in [4.78, 5) is 10.2. The fourth-order valence-electron chi connectivity index (χ4n) is 14.0. The van der Waals surface area contributed by atoms with Gasteiger partial charge >= 0.3 is 0 Å². The van der Waals surface area contributed by atoms with Crippen LogP contribution in [0.4, 0.5) is 0 Å². The lowest BCUT2D eigenvalue weighted by molar-refractivity contribution is 0.670. The number of pyridine rings is 2. The average Bonchev–Trinajstić information content (AvgIpc) is 1.61. The number of furan rings is 3. The highest BCUT2D eigenvalue weighted by Crippen LogP contribution is 2.48. The lowest BCUT2D eigenvalue weighted by Gasteiger charge is -2.11. The Hall–Kier alpha value is -11.3. The zero-order chi connectivity index (χ0) is 56.1. The number of rotatable bonds is 4. The first-order valence-electron chi connectivity index (χ1n) is 28.9. The van der Waals surface area contributed by atoms with Gasteiger partial charge in [0.05, 0.1) is 27.5 Å². The molecule has 86 heavy (non-hydrogen) atoms. The number of benzene rings is 12. The number of hydrogen-bond acceptors (Lipinski definition) is 6. The van der Waals surface area contributed by atoms with E-state index in [1.165, 1.54) is 63.4 Å². The maximum atomic E-state index is 6.67. The zero-order valence-corrected chi connectivity index (χ0v) is 46.6. The fourth-order valence-corrected chi connectivity index (χ4v) is 15.1. The minimum Gasteiger partial charge on any atom is -0.455 e. The third-order valence-electron chi connectivity index (χ3n) is 17.7. The van der Waals surface area contributed by atoms with Crippen molar-refractivity contribution < 1.29 is 13.3 Å². The van der Waals surface area contributed by atoms with E-state index in [2.05, 4.69) is 234 Å². The van der Waals surface area contributed by atoms with E-state index >= 15 is 0 Å². The van der Waals surface area contributed by atoms with Crippen molar-refractivity contribution in [2.24, 2.45) is 0 Å². The van der Waals surface area contributed by atoms with Crippen molar-refractivity contribution >= 4 is 162 Å². The Bertz CT molecular complexity index is 6210. The van der Waals surface area contributed by atoms with Crippen molar-refractivity contribution in [2.45, 2.75) is 0 Å². The molecule has 8 aromatic heterocycles. The quantitative estimate of drug-likeness (QED) is 0.176. The highest BCUT2D eigenvalue weighted by Gasteiger charge is 2.26. The van der Waals surface area contributed by atoms with Crippen LogP contribution in [0.15, 0.2) is 280 Å². The molecule has 7 nitrogen and oxygen atoms in total. The molecule has 0 radical (unpaired) electrons. The Labute approximate surface area is 493 Å². The molecule has 0 atom stereocenters. The molecule has 20 aromatic rings. The molecule has 0 N–H and O–H groups in total. The summed E-state index contributed by atoms with van der Waals surface area (Å²) < 4.78 is 26.8. The van der Waals surface area contributed by atoms with E-state index in [9.17, 15) is 0 Å². The summed E-state index contributed by atoms with van der Waals surface area (Å²) >= 11 is 1.84. The Morgan fingerprint density at radius 3 is 1.42 bits per heavy atom. The van der Waals surface area contributed by atoms with Gasteiger partial charge in [-0.15, -0.1) is 11.3 Å². The molecular formula is C78H44N4O3S. The third-order valence-corrected chi connectivity index (χ3v) is 18.8. The fraction of sp³-hybridized carbons (Fsp3) is 0. The number of para-hydroxylation sites is 6. The molecule has 20 rings (SSSR count). The minimum absolute atomic E-state index is 0.837. The summed E-state index contributed by atoms with van der Waals surface area (Å²) in [5, 5.41) is 18.8. The molecule has 0 aliphatic carbocycles. The molecule has 12 aromatic carbocycles. The molecule has 0 saturated heterocycles. The van der Waals surface area contributed by atoms with E-state index in [4.69, 9.17) is 23.2 Å². The predicted molar refractivity (Wildman–Crippen MR) is 358 cm³/mol. The number of hydrogen-bond donors (Lipinski definition) is 0. The van der Waals surface area contributed by atoms with Crippen LogP contribution in [0.1, 0.15) is 0 Å². The molecule has 0 fully saturated rings. The lowest BCUT2D eigenvalue weighted by atomic mass is 9.99. The minimum atomic E-state index is 0.837. The maximum Gasteiger partial charge on any atom is 0.160 e. The summed E-state index contributed by atoms with van der Waals surface area (Å²) in [6, 6.07) is 89.6. The summed E-state index contributed by atoms with van der Waals surface area (Å²) in [7, 11) is 0. The van der Waals surface area contributed by atoms with Gasteiger partial charge in [-0.05, 0) is 88.5 Å². The molecular weight excluding hydrogens is 1070 g/mol. The van der Waals surface area contributed by atoms with Gasteiger partial charge in [-0.25, -0.2) is 9.97 Å². The molecule has 8 heteroatoms. The van der Waals surface area contributed by atoms with Crippen molar-refractivity contribution in [2.75, 3.05) is 0 Å². The second-order valence-electron chi connectivity index (χ2n) is 22.2. The van der Waals surface area contributed by atoms with Crippen LogP contribution >= 0.6 is 11.3 Å². The molecule has 0 aliphatic heterocycles. The Kier molecular flexibility index (Phi) is 9.93. The Morgan fingerprint density at radius 2 is 0.744 bits per heavy atom. The van der Waals surface area contributed by atoms with E-state index in [1.807, 2.05) is 54.1 Å². The van der Waals surface area contributed by atoms with Crippen LogP contribution in [-0.2, 0) is 0 Å². The van der Waals surface area contributed by atoms with Crippen LogP contribution in [0, 0.1) is 0 Å². The van der Waals surface area contributed by atoms with Crippen LogP contribution in [0.25, 0.3) is 185 Å². The first-order chi connectivity index (χ1) is 42.7. The Balaban J connectivity index is 0.000000126. The van der Waals surface area contributed by atoms with E-state index < -0.39 is 0 Å². The van der Waals surface area contributed by atoms with Gasteiger partial charge in [-0.1, -0.05) is 188 Å². The largest absolute Gasteiger partial charge is 0.455 e. The summed E-state index contributed by atoms with van der Waals surface area (Å²) in [6.45, 7) is 0. The van der Waals surface area contributed by atoms with Crippen LogP contribution in [-0.4, -0.2) is 19.1 Å². The average molecular weight is 1120 g/mol. The monoisotopic (exact) mass is 1120 g/mol. The van der Waals surface area contributed by atoms with E-state index in [0.29, 0.717) is 0 Å². The van der Waals surface area contributed by atoms with E-state index in [-0.39, 0.29) is 0 Å². The van der Waals surface area contributed by atoms with Gasteiger partial charge in [-0.2, -0.15) is 0 Å². The first-order valence-corrected chi connectivity index (χ1v) is 29.8. The van der Waals surface area contributed by atoms with Gasteiger partial charge in [0.25, 0.3) is 0 Å². The molecule has 0 saturated carbocycles. The number of aromatic nitrogens is 4. The second-order valence-corrected chi connectivity index (χ2v) is 23.3. The van der Waals surface area contributed by atoms with Gasteiger partial charge in [0.2, 0.25) is 0 Å². The number of fused-ring (bicyclic) bond motifs is 26. The van der Waals surface area contributed by atoms with Crippen molar-refractivity contribution in [3.63, 3.8) is 0 Å². The van der Waals surface area contributed by atoms with Crippen LogP contribution in [0.3, 0.4) is 0 Å². The molecule has 0 amide bonds. The van der Waals surface area contributed by atoms with Crippen molar-refractivity contribution in [3.8, 4) is 33.9 Å². The van der Waals surface area contributed by atoms with Gasteiger partial charge < -0.3 is 13.3 Å². The second kappa shape index (κ2) is 18.1. The van der Waals surface area contributed by atoms with Crippen LogP contribution < -0.4 is 0 Å². The topological polar surface area (TPSA) is 75.1 Å². The van der Waals surface area contributed by atoms with Crippen molar-refractivity contribution in [3.05, 3.63) is 267 Å². The summed E-state index contributed by atoms with van der Waals surface area (Å²) in [6.07, 6.45) is 3.96. The third kappa shape index (κ3) is 6.72.